The van der Waals surface area contributed by atoms with Crippen molar-refractivity contribution in [3.63, 3.8) is 0 Å². The lowest BCUT2D eigenvalue weighted by atomic mass is 9.86. The second-order valence-electron chi connectivity index (χ2n) is 5.72. The fourth-order valence-electron chi connectivity index (χ4n) is 2.25. The quantitative estimate of drug-likeness (QED) is 0.752. The van der Waals surface area contributed by atoms with E-state index in [4.69, 9.17) is 5.26 Å². The van der Waals surface area contributed by atoms with Gasteiger partial charge >= 0.3 is 0 Å². The molecule has 0 heterocycles. The van der Waals surface area contributed by atoms with Gasteiger partial charge in [-0.15, -0.1) is 0 Å². The Bertz CT molecular complexity index is 245. The summed E-state index contributed by atoms with van der Waals surface area (Å²) in [6.45, 7) is 5.32. The molecule has 0 radical (unpaired) electrons. The first-order valence-electron chi connectivity index (χ1n) is 6.32. The molecule has 0 bridgehead atoms. The molecule has 3 heteroatoms. The third kappa shape index (κ3) is 4.96. The average molecular weight is 224 g/mol. The number of hydrogen-bond donors (Lipinski definition) is 2. The Kier molecular flexibility index (Phi) is 5.24. The minimum absolute atomic E-state index is 0.117. The lowest BCUT2D eigenvalue weighted by Crippen LogP contribution is -2.40. The van der Waals surface area contributed by atoms with E-state index >= 15 is 0 Å². The van der Waals surface area contributed by atoms with E-state index in [1.165, 1.54) is 6.42 Å². The van der Waals surface area contributed by atoms with Crippen LogP contribution in [0.25, 0.3) is 0 Å². The third-order valence-electron chi connectivity index (χ3n) is 3.43. The van der Waals surface area contributed by atoms with Crippen LogP contribution in [-0.2, 0) is 0 Å². The first-order valence-corrected chi connectivity index (χ1v) is 6.32. The number of nitrogens with one attached hydrogen (secondary N) is 1. The molecule has 1 aliphatic rings. The summed E-state index contributed by atoms with van der Waals surface area (Å²) in [5, 5.41) is 21.7. The fourth-order valence-corrected chi connectivity index (χ4v) is 2.25. The largest absolute Gasteiger partial charge is 0.393 e. The van der Waals surface area contributed by atoms with Gasteiger partial charge in [-0.2, -0.15) is 5.26 Å². The van der Waals surface area contributed by atoms with Crippen molar-refractivity contribution < 1.29 is 5.11 Å². The zero-order chi connectivity index (χ0) is 12.0. The molecular formula is C13H24N2O. The SMILES string of the molecule is CC(C)(CCC#N)CNC1CCCC(O)C1. The molecule has 16 heavy (non-hydrogen) atoms. The summed E-state index contributed by atoms with van der Waals surface area (Å²) in [6.07, 6.45) is 5.58. The van der Waals surface area contributed by atoms with Crippen molar-refractivity contribution in [3.8, 4) is 6.07 Å². The van der Waals surface area contributed by atoms with Crippen LogP contribution in [0.3, 0.4) is 0 Å². The van der Waals surface area contributed by atoms with Gasteiger partial charge in [0.25, 0.3) is 0 Å². The van der Waals surface area contributed by atoms with E-state index in [2.05, 4.69) is 25.2 Å². The minimum Gasteiger partial charge on any atom is -0.393 e. The molecule has 92 valence electrons. The van der Waals surface area contributed by atoms with Crippen LogP contribution in [0.5, 0.6) is 0 Å². The monoisotopic (exact) mass is 224 g/mol. The lowest BCUT2D eigenvalue weighted by Gasteiger charge is -2.31. The molecule has 3 nitrogen and oxygen atoms in total. The molecule has 2 atom stereocenters. The summed E-state index contributed by atoms with van der Waals surface area (Å²) >= 11 is 0. The van der Waals surface area contributed by atoms with Crippen molar-refractivity contribution in [3.05, 3.63) is 0 Å². The van der Waals surface area contributed by atoms with Gasteiger partial charge in [-0.3, -0.25) is 0 Å². The van der Waals surface area contributed by atoms with E-state index in [1.807, 2.05) is 0 Å². The number of rotatable bonds is 5. The van der Waals surface area contributed by atoms with Gasteiger partial charge in [-0.05, 0) is 37.5 Å². The molecule has 0 aromatic carbocycles. The van der Waals surface area contributed by atoms with Crippen molar-refractivity contribution in [1.29, 1.82) is 5.26 Å². The van der Waals surface area contributed by atoms with Crippen LogP contribution in [0.4, 0.5) is 0 Å². The Hall–Kier alpha value is -0.590. The van der Waals surface area contributed by atoms with Crippen LogP contribution < -0.4 is 5.32 Å². The van der Waals surface area contributed by atoms with E-state index in [0.29, 0.717) is 12.5 Å². The first-order chi connectivity index (χ1) is 7.53. The summed E-state index contributed by atoms with van der Waals surface area (Å²) in [6, 6.07) is 2.66. The van der Waals surface area contributed by atoms with Gasteiger partial charge in [-0.25, -0.2) is 0 Å². The number of hydrogen-bond acceptors (Lipinski definition) is 3. The van der Waals surface area contributed by atoms with Gasteiger partial charge in [0.1, 0.15) is 0 Å². The highest BCUT2D eigenvalue weighted by molar-refractivity contribution is 4.83. The molecule has 1 fully saturated rings. The van der Waals surface area contributed by atoms with E-state index in [-0.39, 0.29) is 11.5 Å². The molecule has 1 saturated carbocycles. The van der Waals surface area contributed by atoms with E-state index < -0.39 is 0 Å². The summed E-state index contributed by atoms with van der Waals surface area (Å²) < 4.78 is 0. The molecule has 0 aromatic heterocycles. The van der Waals surface area contributed by atoms with Crippen LogP contribution in [0, 0.1) is 16.7 Å². The second-order valence-corrected chi connectivity index (χ2v) is 5.72. The first kappa shape index (κ1) is 13.5. The molecule has 0 amide bonds. The number of nitriles is 1. The minimum atomic E-state index is -0.117. The number of nitrogens with zero attached hydrogens (tertiary/aromatic N) is 1. The van der Waals surface area contributed by atoms with Crippen molar-refractivity contribution in [1.82, 2.24) is 5.32 Å². The zero-order valence-electron chi connectivity index (χ0n) is 10.5. The Balaban J connectivity index is 2.24. The molecule has 0 aromatic rings. The van der Waals surface area contributed by atoms with Crippen molar-refractivity contribution in [2.45, 2.75) is 64.5 Å². The third-order valence-corrected chi connectivity index (χ3v) is 3.43. The van der Waals surface area contributed by atoms with Gasteiger partial charge in [0.2, 0.25) is 0 Å². The molecular weight excluding hydrogens is 200 g/mol. The molecule has 0 aliphatic heterocycles. The molecule has 0 saturated heterocycles. The maximum Gasteiger partial charge on any atom is 0.0621 e. The highest BCUT2D eigenvalue weighted by Gasteiger charge is 2.23. The molecule has 1 rings (SSSR count). The Morgan fingerprint density at radius 3 is 2.81 bits per heavy atom. The highest BCUT2D eigenvalue weighted by Crippen LogP contribution is 2.23. The van der Waals surface area contributed by atoms with Crippen molar-refractivity contribution in [2.24, 2.45) is 5.41 Å². The summed E-state index contributed by atoms with van der Waals surface area (Å²) in [7, 11) is 0. The van der Waals surface area contributed by atoms with E-state index in [1.54, 1.807) is 0 Å². The zero-order valence-corrected chi connectivity index (χ0v) is 10.5. The van der Waals surface area contributed by atoms with Gasteiger partial charge in [0, 0.05) is 19.0 Å². The predicted octanol–water partition coefficient (Wildman–Crippen LogP) is 2.21. The fraction of sp³-hybridized carbons (Fsp3) is 0.923. The molecule has 0 spiro atoms. The van der Waals surface area contributed by atoms with Crippen LogP contribution >= 0.6 is 0 Å². The standard InChI is InChI=1S/C13H24N2O/c1-13(2,7-4-8-14)10-15-11-5-3-6-12(16)9-11/h11-12,15-16H,3-7,9-10H2,1-2H3. The van der Waals surface area contributed by atoms with Crippen LogP contribution in [0.1, 0.15) is 52.4 Å². The van der Waals surface area contributed by atoms with E-state index in [0.717, 1.165) is 32.2 Å². The van der Waals surface area contributed by atoms with Crippen LogP contribution in [0.2, 0.25) is 0 Å². The number of aliphatic hydroxyl groups excluding tert-OH is 1. The lowest BCUT2D eigenvalue weighted by molar-refractivity contribution is 0.108. The van der Waals surface area contributed by atoms with Crippen molar-refractivity contribution in [2.75, 3.05) is 6.54 Å². The summed E-state index contributed by atoms with van der Waals surface area (Å²) in [5.41, 5.74) is 0.179. The van der Waals surface area contributed by atoms with Crippen LogP contribution in [-0.4, -0.2) is 23.8 Å². The van der Waals surface area contributed by atoms with Gasteiger partial charge < -0.3 is 10.4 Å². The Morgan fingerprint density at radius 2 is 2.19 bits per heavy atom. The molecule has 2 unspecified atom stereocenters. The summed E-state index contributed by atoms with van der Waals surface area (Å²) in [4.78, 5) is 0. The Morgan fingerprint density at radius 1 is 1.44 bits per heavy atom. The average Bonchev–Trinajstić information content (AvgIpc) is 2.24. The van der Waals surface area contributed by atoms with Crippen molar-refractivity contribution >= 4 is 0 Å². The maximum atomic E-state index is 9.57. The second kappa shape index (κ2) is 6.22. The molecule has 2 N–H and O–H groups in total. The van der Waals surface area contributed by atoms with E-state index in [9.17, 15) is 5.11 Å². The van der Waals surface area contributed by atoms with Gasteiger partial charge in [0.15, 0.2) is 0 Å². The van der Waals surface area contributed by atoms with Gasteiger partial charge in [0.05, 0.1) is 12.2 Å². The highest BCUT2D eigenvalue weighted by atomic mass is 16.3. The Labute approximate surface area is 98.8 Å². The normalized spacial score (nSPS) is 26.4. The molecule has 1 aliphatic carbocycles. The predicted molar refractivity (Wildman–Crippen MR) is 64.9 cm³/mol. The topological polar surface area (TPSA) is 56.0 Å². The van der Waals surface area contributed by atoms with Crippen LogP contribution in [0.15, 0.2) is 0 Å². The number of aliphatic hydroxyl groups is 1. The maximum absolute atomic E-state index is 9.57. The van der Waals surface area contributed by atoms with Gasteiger partial charge in [-0.1, -0.05) is 13.8 Å². The summed E-state index contributed by atoms with van der Waals surface area (Å²) in [5.74, 6) is 0. The smallest absolute Gasteiger partial charge is 0.0621 e.